The van der Waals surface area contributed by atoms with Gasteiger partial charge in [0.1, 0.15) is 28.5 Å². The first-order valence-electron chi connectivity index (χ1n) is 11.4. The Kier molecular flexibility index (Phi) is 7.26. The fraction of sp³-hybridized carbons (Fsp3) is 0.214. The monoisotopic (exact) mass is 489 g/mol. The smallest absolute Gasteiger partial charge is 0.360 e. The number of anilines is 1. The number of hydrogen-bond acceptors (Lipinski definition) is 7. The van der Waals surface area contributed by atoms with E-state index in [2.05, 4.69) is 5.32 Å². The first-order chi connectivity index (χ1) is 17.3. The van der Waals surface area contributed by atoms with Crippen LogP contribution in [0.15, 0.2) is 69.9 Å². The van der Waals surface area contributed by atoms with E-state index in [0.29, 0.717) is 51.3 Å². The maximum atomic E-state index is 13.1. The second-order valence-corrected chi connectivity index (χ2v) is 8.14. The number of methoxy groups -OCH3 is 2. The zero-order valence-corrected chi connectivity index (χ0v) is 20.5. The number of amides is 1. The Morgan fingerprint density at radius 2 is 1.81 bits per heavy atom. The van der Waals surface area contributed by atoms with E-state index < -0.39 is 17.8 Å². The summed E-state index contributed by atoms with van der Waals surface area (Å²) in [5.41, 5.74) is 2.06. The van der Waals surface area contributed by atoms with Gasteiger partial charge in [-0.1, -0.05) is 19.1 Å². The third kappa shape index (κ3) is 5.04. The minimum Gasteiger partial charge on any atom is -0.497 e. The van der Waals surface area contributed by atoms with Crippen LogP contribution in [0.5, 0.6) is 17.2 Å². The highest BCUT2D eigenvalue weighted by molar-refractivity contribution is 6.05. The quantitative estimate of drug-likeness (QED) is 0.260. The van der Waals surface area contributed by atoms with Gasteiger partial charge in [0.05, 0.1) is 14.2 Å². The second kappa shape index (κ2) is 10.5. The molecule has 3 aromatic carbocycles. The summed E-state index contributed by atoms with van der Waals surface area (Å²) in [5.74, 6) is 1.20. The molecular formula is C28H27NO7. The van der Waals surface area contributed by atoms with E-state index in [0.717, 1.165) is 5.56 Å². The van der Waals surface area contributed by atoms with E-state index in [9.17, 15) is 14.7 Å². The Bertz CT molecular complexity index is 1470. The first kappa shape index (κ1) is 24.8. The molecule has 0 aliphatic rings. The van der Waals surface area contributed by atoms with Gasteiger partial charge in [-0.3, -0.25) is 4.79 Å². The van der Waals surface area contributed by atoms with Gasteiger partial charge in [0.15, 0.2) is 6.29 Å². The maximum absolute atomic E-state index is 13.1. The summed E-state index contributed by atoms with van der Waals surface area (Å²) in [6.07, 6.45) is -0.546. The van der Waals surface area contributed by atoms with Crippen LogP contribution in [0.3, 0.4) is 0 Å². The van der Waals surface area contributed by atoms with Crippen LogP contribution in [0.4, 0.5) is 5.69 Å². The Labute approximate surface area is 208 Å². The summed E-state index contributed by atoms with van der Waals surface area (Å²) in [6, 6.07) is 17.4. The van der Waals surface area contributed by atoms with Gasteiger partial charge in [0, 0.05) is 28.5 Å². The van der Waals surface area contributed by atoms with Gasteiger partial charge in [-0.15, -0.1) is 0 Å². The summed E-state index contributed by atoms with van der Waals surface area (Å²) in [4.78, 5) is 25.8. The first-order valence-corrected chi connectivity index (χ1v) is 11.4. The fourth-order valence-corrected chi connectivity index (χ4v) is 3.81. The Morgan fingerprint density at radius 3 is 2.53 bits per heavy atom. The number of fused-ring (bicyclic) bond motifs is 1. The van der Waals surface area contributed by atoms with Gasteiger partial charge in [-0.05, 0) is 61.0 Å². The van der Waals surface area contributed by atoms with Crippen LogP contribution in [0.1, 0.15) is 29.3 Å². The molecule has 186 valence electrons. The predicted octanol–water partition coefficient (Wildman–Crippen LogP) is 5.15. The third-order valence-corrected chi connectivity index (χ3v) is 5.80. The Hall–Kier alpha value is -4.30. The van der Waals surface area contributed by atoms with Gasteiger partial charge in [0.25, 0.3) is 5.91 Å². The van der Waals surface area contributed by atoms with Gasteiger partial charge in [-0.2, -0.15) is 0 Å². The van der Waals surface area contributed by atoms with E-state index >= 15 is 0 Å². The molecule has 2 N–H and O–H groups in total. The van der Waals surface area contributed by atoms with Gasteiger partial charge < -0.3 is 29.1 Å². The number of carbonyl (C=O) groups is 1. The standard InChI is InChI=1S/C28H27NO7/c1-5-25(30)35-23-11-9-18-15-22(28(32)36-26(18)16(23)2)29-27(31)19-10-12-24(34-4)21(14-19)17-7-6-8-20(13-17)33-3/h6-15,25,30H,5H2,1-4H3,(H,29,31). The van der Waals surface area contributed by atoms with Crippen LogP contribution in [0.2, 0.25) is 0 Å². The molecule has 36 heavy (non-hydrogen) atoms. The van der Waals surface area contributed by atoms with Crippen molar-refractivity contribution in [3.63, 3.8) is 0 Å². The predicted molar refractivity (Wildman–Crippen MR) is 137 cm³/mol. The molecular weight excluding hydrogens is 462 g/mol. The minimum absolute atomic E-state index is 0.00732. The van der Waals surface area contributed by atoms with Crippen molar-refractivity contribution in [2.75, 3.05) is 19.5 Å². The lowest BCUT2D eigenvalue weighted by Gasteiger charge is -2.15. The molecule has 1 atom stereocenters. The summed E-state index contributed by atoms with van der Waals surface area (Å²) in [7, 11) is 3.14. The Balaban J connectivity index is 1.65. The van der Waals surface area contributed by atoms with E-state index in [4.69, 9.17) is 18.6 Å². The summed E-state index contributed by atoms with van der Waals surface area (Å²) >= 11 is 0. The van der Waals surface area contributed by atoms with Crippen molar-refractivity contribution in [2.24, 2.45) is 0 Å². The van der Waals surface area contributed by atoms with Crippen LogP contribution >= 0.6 is 0 Å². The summed E-state index contributed by atoms with van der Waals surface area (Å²) < 4.78 is 21.8. The van der Waals surface area contributed by atoms with Crippen LogP contribution in [0, 0.1) is 6.92 Å². The highest BCUT2D eigenvalue weighted by atomic mass is 16.6. The number of aliphatic hydroxyl groups excluding tert-OH is 1. The molecule has 1 aromatic heterocycles. The van der Waals surface area contributed by atoms with Crippen molar-refractivity contribution in [3.05, 3.63) is 82.2 Å². The normalized spacial score (nSPS) is 11.7. The molecule has 0 aliphatic heterocycles. The van der Waals surface area contributed by atoms with Crippen molar-refractivity contribution in [2.45, 2.75) is 26.6 Å². The maximum Gasteiger partial charge on any atom is 0.360 e. The van der Waals surface area contributed by atoms with Crippen molar-refractivity contribution < 1.29 is 28.5 Å². The van der Waals surface area contributed by atoms with Crippen LogP contribution in [-0.4, -0.2) is 31.5 Å². The molecule has 0 radical (unpaired) electrons. The molecule has 8 heteroatoms. The lowest BCUT2D eigenvalue weighted by atomic mass is 10.0. The average molecular weight is 490 g/mol. The molecule has 4 aromatic rings. The third-order valence-electron chi connectivity index (χ3n) is 5.80. The van der Waals surface area contributed by atoms with Gasteiger partial charge >= 0.3 is 5.63 Å². The Morgan fingerprint density at radius 1 is 1.03 bits per heavy atom. The van der Waals surface area contributed by atoms with Gasteiger partial charge in [0.2, 0.25) is 0 Å². The lowest BCUT2D eigenvalue weighted by molar-refractivity contribution is -0.0195. The lowest BCUT2D eigenvalue weighted by Crippen LogP contribution is -2.18. The van der Waals surface area contributed by atoms with Crippen molar-refractivity contribution in [3.8, 4) is 28.4 Å². The summed E-state index contributed by atoms with van der Waals surface area (Å²) in [5, 5.41) is 13.0. The van der Waals surface area contributed by atoms with Gasteiger partial charge in [-0.25, -0.2) is 4.79 Å². The van der Waals surface area contributed by atoms with Crippen molar-refractivity contribution in [1.29, 1.82) is 0 Å². The topological polar surface area (TPSA) is 107 Å². The molecule has 4 rings (SSSR count). The van der Waals surface area contributed by atoms with Crippen LogP contribution < -0.4 is 25.2 Å². The highest BCUT2D eigenvalue weighted by Gasteiger charge is 2.17. The average Bonchev–Trinajstić information content (AvgIpc) is 2.90. The molecule has 0 fully saturated rings. The van der Waals surface area contributed by atoms with Crippen molar-refractivity contribution in [1.82, 2.24) is 0 Å². The molecule has 0 bridgehead atoms. The number of carbonyl (C=O) groups excluding carboxylic acids is 1. The fourth-order valence-electron chi connectivity index (χ4n) is 3.81. The number of nitrogens with one attached hydrogen (secondary N) is 1. The molecule has 8 nitrogen and oxygen atoms in total. The molecule has 1 unspecified atom stereocenters. The molecule has 1 heterocycles. The zero-order valence-electron chi connectivity index (χ0n) is 20.5. The molecule has 0 aliphatic carbocycles. The molecule has 1 amide bonds. The SMILES string of the molecule is CCC(O)Oc1ccc2cc(NC(=O)c3ccc(OC)c(-c4cccc(OC)c4)c3)c(=O)oc2c1C. The number of ether oxygens (including phenoxy) is 3. The minimum atomic E-state index is -0.960. The van der Waals surface area contributed by atoms with E-state index in [-0.39, 0.29) is 5.69 Å². The second-order valence-electron chi connectivity index (χ2n) is 8.14. The molecule has 0 saturated carbocycles. The number of hydrogen-bond donors (Lipinski definition) is 2. The number of rotatable bonds is 8. The van der Waals surface area contributed by atoms with E-state index in [1.165, 1.54) is 0 Å². The largest absolute Gasteiger partial charge is 0.497 e. The number of aryl methyl sites for hydroxylation is 1. The summed E-state index contributed by atoms with van der Waals surface area (Å²) in [6.45, 7) is 3.53. The number of aliphatic hydroxyl groups is 1. The van der Waals surface area contributed by atoms with E-state index in [1.807, 2.05) is 24.3 Å². The zero-order chi connectivity index (χ0) is 25.8. The van der Waals surface area contributed by atoms with Crippen LogP contribution in [0.25, 0.3) is 22.1 Å². The van der Waals surface area contributed by atoms with Crippen molar-refractivity contribution >= 4 is 22.6 Å². The molecule has 0 saturated heterocycles. The van der Waals surface area contributed by atoms with Crippen LogP contribution in [-0.2, 0) is 0 Å². The highest BCUT2D eigenvalue weighted by Crippen LogP contribution is 2.33. The van der Waals surface area contributed by atoms with E-state index in [1.54, 1.807) is 64.5 Å². The molecule has 0 spiro atoms. The number of benzene rings is 3.